The summed E-state index contributed by atoms with van der Waals surface area (Å²) in [6, 6.07) is 12.4. The first kappa shape index (κ1) is 14.7. The van der Waals surface area contributed by atoms with Gasteiger partial charge in [-0.05, 0) is 44.0 Å². The molecule has 2 aromatic carbocycles. The highest BCUT2D eigenvalue weighted by molar-refractivity contribution is 5.26. The Labute approximate surface area is 118 Å². The highest BCUT2D eigenvalue weighted by atomic mass is 19.2. The van der Waals surface area contributed by atoms with Crippen LogP contribution in [0.4, 0.5) is 8.78 Å². The molecular formula is C17H19F2N. The molecule has 0 aliphatic heterocycles. The molecule has 20 heavy (non-hydrogen) atoms. The van der Waals surface area contributed by atoms with E-state index >= 15 is 0 Å². The van der Waals surface area contributed by atoms with E-state index in [1.54, 1.807) is 6.07 Å². The van der Waals surface area contributed by atoms with E-state index < -0.39 is 11.6 Å². The molecule has 0 radical (unpaired) electrons. The van der Waals surface area contributed by atoms with E-state index in [4.69, 9.17) is 0 Å². The number of rotatable bonds is 4. The second-order valence-electron chi connectivity index (χ2n) is 5.20. The van der Waals surface area contributed by atoms with Crippen LogP contribution in [0.15, 0.2) is 42.5 Å². The van der Waals surface area contributed by atoms with E-state index in [0.29, 0.717) is 0 Å². The summed E-state index contributed by atoms with van der Waals surface area (Å²) < 4.78 is 26.2. The third-order valence-corrected chi connectivity index (χ3v) is 3.49. The quantitative estimate of drug-likeness (QED) is 0.854. The van der Waals surface area contributed by atoms with Gasteiger partial charge < -0.3 is 5.32 Å². The van der Waals surface area contributed by atoms with Gasteiger partial charge in [-0.2, -0.15) is 0 Å². The molecule has 0 spiro atoms. The summed E-state index contributed by atoms with van der Waals surface area (Å²) >= 11 is 0. The summed E-state index contributed by atoms with van der Waals surface area (Å²) in [6.45, 7) is 6.05. The predicted molar refractivity (Wildman–Crippen MR) is 77.5 cm³/mol. The van der Waals surface area contributed by atoms with Crippen LogP contribution in [-0.2, 0) is 0 Å². The maximum Gasteiger partial charge on any atom is 0.159 e. The Balaban J connectivity index is 2.10. The minimum Gasteiger partial charge on any atom is -0.304 e. The molecule has 0 saturated carbocycles. The van der Waals surface area contributed by atoms with Gasteiger partial charge in [-0.15, -0.1) is 0 Å². The SMILES string of the molecule is Cc1cccc([C@@H](C)NC(C)c2ccc(F)c(F)c2)c1. The highest BCUT2D eigenvalue weighted by Crippen LogP contribution is 2.21. The number of hydrogen-bond donors (Lipinski definition) is 1. The van der Waals surface area contributed by atoms with Crippen molar-refractivity contribution in [1.82, 2.24) is 5.32 Å². The molecule has 0 aliphatic carbocycles. The molecule has 2 rings (SSSR count). The van der Waals surface area contributed by atoms with E-state index in [-0.39, 0.29) is 12.1 Å². The second-order valence-corrected chi connectivity index (χ2v) is 5.20. The molecule has 1 unspecified atom stereocenters. The molecule has 0 aromatic heterocycles. The van der Waals surface area contributed by atoms with Gasteiger partial charge in [-0.3, -0.25) is 0 Å². The van der Waals surface area contributed by atoms with Crippen LogP contribution in [0.25, 0.3) is 0 Å². The molecule has 0 bridgehead atoms. The fourth-order valence-electron chi connectivity index (χ4n) is 2.29. The molecule has 0 heterocycles. The molecule has 2 aromatic rings. The fraction of sp³-hybridized carbons (Fsp3) is 0.294. The van der Waals surface area contributed by atoms with Gasteiger partial charge in [0.05, 0.1) is 0 Å². The Kier molecular flexibility index (Phi) is 4.50. The first-order chi connectivity index (χ1) is 9.47. The van der Waals surface area contributed by atoms with Crippen LogP contribution in [0.1, 0.15) is 42.6 Å². The van der Waals surface area contributed by atoms with Crippen molar-refractivity contribution in [3.63, 3.8) is 0 Å². The summed E-state index contributed by atoms with van der Waals surface area (Å²) in [5.74, 6) is -1.62. The van der Waals surface area contributed by atoms with Crippen LogP contribution < -0.4 is 5.32 Å². The van der Waals surface area contributed by atoms with Crippen LogP contribution in [0.2, 0.25) is 0 Å². The van der Waals surface area contributed by atoms with Gasteiger partial charge in [-0.1, -0.05) is 35.9 Å². The van der Waals surface area contributed by atoms with Crippen LogP contribution in [-0.4, -0.2) is 0 Å². The molecule has 3 heteroatoms. The van der Waals surface area contributed by atoms with Gasteiger partial charge in [0.15, 0.2) is 11.6 Å². The lowest BCUT2D eigenvalue weighted by molar-refractivity contribution is 0.480. The highest BCUT2D eigenvalue weighted by Gasteiger charge is 2.13. The molecule has 1 nitrogen and oxygen atoms in total. The fourth-order valence-corrected chi connectivity index (χ4v) is 2.29. The largest absolute Gasteiger partial charge is 0.304 e. The van der Waals surface area contributed by atoms with Crippen molar-refractivity contribution in [2.75, 3.05) is 0 Å². The lowest BCUT2D eigenvalue weighted by Gasteiger charge is -2.21. The molecule has 106 valence electrons. The average molecular weight is 275 g/mol. The first-order valence-corrected chi connectivity index (χ1v) is 6.75. The van der Waals surface area contributed by atoms with Gasteiger partial charge in [0, 0.05) is 12.1 Å². The van der Waals surface area contributed by atoms with Crippen LogP contribution in [0.5, 0.6) is 0 Å². The number of halogens is 2. The van der Waals surface area contributed by atoms with E-state index in [9.17, 15) is 8.78 Å². The molecule has 0 amide bonds. The van der Waals surface area contributed by atoms with Gasteiger partial charge in [0.1, 0.15) is 0 Å². The van der Waals surface area contributed by atoms with Crippen molar-refractivity contribution in [3.05, 3.63) is 70.8 Å². The lowest BCUT2D eigenvalue weighted by Crippen LogP contribution is -2.22. The average Bonchev–Trinajstić information content (AvgIpc) is 2.41. The van der Waals surface area contributed by atoms with Crippen LogP contribution in [0, 0.1) is 18.6 Å². The number of hydrogen-bond acceptors (Lipinski definition) is 1. The molecule has 1 N–H and O–H groups in total. The van der Waals surface area contributed by atoms with Crippen molar-refractivity contribution in [2.45, 2.75) is 32.9 Å². The monoisotopic (exact) mass is 275 g/mol. The zero-order valence-corrected chi connectivity index (χ0v) is 12.0. The van der Waals surface area contributed by atoms with E-state index in [0.717, 1.165) is 5.56 Å². The first-order valence-electron chi connectivity index (χ1n) is 6.75. The normalized spacial score (nSPS) is 14.1. The Morgan fingerprint density at radius 3 is 2.10 bits per heavy atom. The second kappa shape index (κ2) is 6.14. The van der Waals surface area contributed by atoms with Crippen molar-refractivity contribution < 1.29 is 8.78 Å². The Hall–Kier alpha value is -1.74. The maximum absolute atomic E-state index is 13.3. The van der Waals surface area contributed by atoms with Crippen LogP contribution in [0.3, 0.4) is 0 Å². The number of nitrogens with one attached hydrogen (secondary N) is 1. The Bertz CT molecular complexity index is 595. The zero-order chi connectivity index (χ0) is 14.7. The van der Waals surface area contributed by atoms with E-state index in [1.165, 1.54) is 23.3 Å². The minimum atomic E-state index is -0.812. The van der Waals surface area contributed by atoms with Gasteiger partial charge in [0.2, 0.25) is 0 Å². The van der Waals surface area contributed by atoms with Gasteiger partial charge in [0.25, 0.3) is 0 Å². The standard InChI is InChI=1S/C17H19F2N/c1-11-5-4-6-14(9-11)12(2)20-13(3)15-7-8-16(18)17(19)10-15/h4-10,12-13,20H,1-3H3/t12-,13?/m1/s1. The van der Waals surface area contributed by atoms with Gasteiger partial charge in [-0.25, -0.2) is 8.78 Å². The summed E-state index contributed by atoms with van der Waals surface area (Å²) in [5, 5.41) is 3.40. The van der Waals surface area contributed by atoms with Crippen molar-refractivity contribution in [1.29, 1.82) is 0 Å². The topological polar surface area (TPSA) is 12.0 Å². The smallest absolute Gasteiger partial charge is 0.159 e. The molecular weight excluding hydrogens is 256 g/mol. The molecule has 0 saturated heterocycles. The summed E-state index contributed by atoms with van der Waals surface area (Å²) in [5.41, 5.74) is 3.12. The van der Waals surface area contributed by atoms with E-state index in [2.05, 4.69) is 37.4 Å². The summed E-state index contributed by atoms with van der Waals surface area (Å²) in [7, 11) is 0. The summed E-state index contributed by atoms with van der Waals surface area (Å²) in [6.07, 6.45) is 0. The van der Waals surface area contributed by atoms with Crippen molar-refractivity contribution >= 4 is 0 Å². The zero-order valence-electron chi connectivity index (χ0n) is 12.0. The predicted octanol–water partition coefficient (Wildman–Crippen LogP) is 4.69. The Morgan fingerprint density at radius 2 is 1.50 bits per heavy atom. The van der Waals surface area contributed by atoms with E-state index in [1.807, 2.05) is 13.0 Å². The molecule has 0 aliphatic rings. The third kappa shape index (κ3) is 3.42. The number of benzene rings is 2. The lowest BCUT2D eigenvalue weighted by atomic mass is 10.0. The van der Waals surface area contributed by atoms with Crippen molar-refractivity contribution in [3.8, 4) is 0 Å². The Morgan fingerprint density at radius 1 is 0.850 bits per heavy atom. The van der Waals surface area contributed by atoms with Crippen LogP contribution >= 0.6 is 0 Å². The summed E-state index contributed by atoms with van der Waals surface area (Å²) in [4.78, 5) is 0. The number of aryl methyl sites for hydroxylation is 1. The van der Waals surface area contributed by atoms with Gasteiger partial charge >= 0.3 is 0 Å². The maximum atomic E-state index is 13.3. The van der Waals surface area contributed by atoms with Crippen molar-refractivity contribution in [2.24, 2.45) is 0 Å². The molecule has 0 fully saturated rings. The minimum absolute atomic E-state index is 0.0550. The third-order valence-electron chi connectivity index (χ3n) is 3.49. The molecule has 2 atom stereocenters.